The normalized spacial score (nSPS) is 25.0. The molecule has 2 aliphatic rings. The second kappa shape index (κ2) is 6.57. The molecule has 1 atom stereocenters. The Labute approximate surface area is 136 Å². The van der Waals surface area contributed by atoms with Crippen LogP contribution in [0.3, 0.4) is 0 Å². The van der Waals surface area contributed by atoms with Gasteiger partial charge < -0.3 is 15.4 Å². The summed E-state index contributed by atoms with van der Waals surface area (Å²) in [6, 6.07) is 7.62. The number of rotatable bonds is 2. The van der Waals surface area contributed by atoms with Crippen LogP contribution in [-0.2, 0) is 9.53 Å². The molecule has 0 spiro atoms. The van der Waals surface area contributed by atoms with Crippen LogP contribution >= 0.6 is 11.6 Å². The van der Waals surface area contributed by atoms with Gasteiger partial charge in [0.25, 0.3) is 0 Å². The van der Waals surface area contributed by atoms with E-state index < -0.39 is 5.54 Å². The summed E-state index contributed by atoms with van der Waals surface area (Å²) in [5.74, 6) is 0.0921. The summed E-state index contributed by atoms with van der Waals surface area (Å²) in [7, 11) is 0. The van der Waals surface area contributed by atoms with Crippen LogP contribution in [0.25, 0.3) is 0 Å². The average Bonchev–Trinajstić information content (AvgIpc) is 2.56. The maximum absolute atomic E-state index is 12.8. The van der Waals surface area contributed by atoms with Crippen LogP contribution in [0, 0.1) is 0 Å². The largest absolute Gasteiger partial charge is 0.370 e. The molecule has 120 valence electrons. The predicted molar refractivity (Wildman–Crippen MR) is 86.7 cm³/mol. The lowest BCUT2D eigenvalue weighted by Gasteiger charge is -2.40. The minimum absolute atomic E-state index is 0.0921. The first-order chi connectivity index (χ1) is 10.6. The van der Waals surface area contributed by atoms with Crippen LogP contribution in [-0.4, -0.2) is 36.0 Å². The number of hydrogen-bond donors (Lipinski definition) is 1. The van der Waals surface area contributed by atoms with Crippen LogP contribution in [0.15, 0.2) is 24.3 Å². The Morgan fingerprint density at radius 1 is 1.23 bits per heavy atom. The van der Waals surface area contributed by atoms with Crippen molar-refractivity contribution in [3.63, 3.8) is 0 Å². The van der Waals surface area contributed by atoms with E-state index >= 15 is 0 Å². The number of benzene rings is 1. The molecule has 1 aliphatic heterocycles. The van der Waals surface area contributed by atoms with Crippen molar-refractivity contribution in [1.82, 2.24) is 4.90 Å². The van der Waals surface area contributed by atoms with Gasteiger partial charge in [-0.05, 0) is 30.5 Å². The topological polar surface area (TPSA) is 55.6 Å². The molecule has 0 radical (unpaired) electrons. The fourth-order valence-corrected chi connectivity index (χ4v) is 3.55. The van der Waals surface area contributed by atoms with E-state index in [1.54, 1.807) is 0 Å². The Balaban J connectivity index is 1.69. The highest BCUT2D eigenvalue weighted by molar-refractivity contribution is 6.30. The number of nitrogens with two attached hydrogens (primary N) is 1. The van der Waals surface area contributed by atoms with Crippen molar-refractivity contribution in [3.8, 4) is 0 Å². The number of nitrogens with zero attached hydrogens (tertiary/aromatic N) is 1. The Hall–Kier alpha value is -1.10. The van der Waals surface area contributed by atoms with Gasteiger partial charge in [0.15, 0.2) is 0 Å². The Kier molecular flexibility index (Phi) is 4.71. The average molecular weight is 323 g/mol. The maximum Gasteiger partial charge on any atom is 0.242 e. The van der Waals surface area contributed by atoms with Gasteiger partial charge in [0.2, 0.25) is 5.91 Å². The molecule has 22 heavy (non-hydrogen) atoms. The Bertz CT molecular complexity index is 526. The van der Waals surface area contributed by atoms with E-state index in [9.17, 15) is 4.79 Å². The molecule has 0 aromatic heterocycles. The summed E-state index contributed by atoms with van der Waals surface area (Å²) in [5.41, 5.74) is 6.77. The molecule has 1 unspecified atom stereocenters. The van der Waals surface area contributed by atoms with Crippen molar-refractivity contribution >= 4 is 17.5 Å². The van der Waals surface area contributed by atoms with Gasteiger partial charge in [-0.1, -0.05) is 43.0 Å². The van der Waals surface area contributed by atoms with E-state index in [2.05, 4.69) is 0 Å². The van der Waals surface area contributed by atoms with Crippen molar-refractivity contribution in [2.24, 2.45) is 5.73 Å². The quantitative estimate of drug-likeness (QED) is 0.911. The molecule has 0 bridgehead atoms. The number of hydrogen-bond acceptors (Lipinski definition) is 3. The highest BCUT2D eigenvalue weighted by atomic mass is 35.5. The lowest BCUT2D eigenvalue weighted by atomic mass is 9.81. The highest BCUT2D eigenvalue weighted by Crippen LogP contribution is 2.30. The number of morpholine rings is 1. The van der Waals surface area contributed by atoms with E-state index in [1.165, 1.54) is 6.42 Å². The van der Waals surface area contributed by atoms with E-state index in [0.29, 0.717) is 24.7 Å². The Morgan fingerprint density at radius 3 is 2.59 bits per heavy atom. The van der Waals surface area contributed by atoms with E-state index in [-0.39, 0.29) is 12.0 Å². The van der Waals surface area contributed by atoms with Crippen molar-refractivity contribution in [3.05, 3.63) is 34.9 Å². The minimum Gasteiger partial charge on any atom is -0.370 e. The van der Waals surface area contributed by atoms with Gasteiger partial charge in [-0.25, -0.2) is 0 Å². The van der Waals surface area contributed by atoms with Crippen LogP contribution in [0.5, 0.6) is 0 Å². The van der Waals surface area contributed by atoms with Gasteiger partial charge >= 0.3 is 0 Å². The first-order valence-electron chi connectivity index (χ1n) is 8.04. The molecule has 1 saturated heterocycles. The summed E-state index contributed by atoms with van der Waals surface area (Å²) in [6.07, 6.45) is 4.79. The van der Waals surface area contributed by atoms with Crippen molar-refractivity contribution in [2.75, 3.05) is 19.7 Å². The number of carbonyl (C=O) groups excluding carboxylic acids is 1. The SMILES string of the molecule is NC1(C(=O)N2CCOC(c3ccc(Cl)cc3)C2)CCCCC1. The van der Waals surface area contributed by atoms with Crippen LogP contribution in [0.2, 0.25) is 5.02 Å². The first kappa shape index (κ1) is 15.8. The van der Waals surface area contributed by atoms with Crippen LogP contribution < -0.4 is 5.73 Å². The maximum atomic E-state index is 12.8. The third-order valence-corrected chi connectivity index (χ3v) is 5.02. The summed E-state index contributed by atoms with van der Waals surface area (Å²) in [5, 5.41) is 0.704. The predicted octanol–water partition coefficient (Wildman–Crippen LogP) is 2.90. The van der Waals surface area contributed by atoms with Crippen LogP contribution in [0.1, 0.15) is 43.8 Å². The number of ether oxygens (including phenoxy) is 1. The highest BCUT2D eigenvalue weighted by Gasteiger charge is 2.40. The molecule has 2 fully saturated rings. The molecule has 1 heterocycles. The van der Waals surface area contributed by atoms with Gasteiger partial charge in [-0.15, -0.1) is 0 Å². The van der Waals surface area contributed by atoms with Gasteiger partial charge in [0.1, 0.15) is 6.10 Å². The molecule has 1 amide bonds. The number of carbonyl (C=O) groups is 1. The summed E-state index contributed by atoms with van der Waals surface area (Å²) >= 11 is 5.93. The van der Waals surface area contributed by atoms with Gasteiger partial charge in [-0.3, -0.25) is 4.79 Å². The van der Waals surface area contributed by atoms with Crippen LogP contribution in [0.4, 0.5) is 0 Å². The second-order valence-electron chi connectivity index (χ2n) is 6.38. The van der Waals surface area contributed by atoms with Crippen molar-refractivity contribution in [1.29, 1.82) is 0 Å². The number of halogens is 1. The smallest absolute Gasteiger partial charge is 0.242 e. The van der Waals surface area contributed by atoms with E-state index in [4.69, 9.17) is 22.1 Å². The zero-order chi connectivity index (χ0) is 15.6. The van der Waals surface area contributed by atoms with E-state index in [0.717, 1.165) is 31.2 Å². The Morgan fingerprint density at radius 2 is 1.91 bits per heavy atom. The monoisotopic (exact) mass is 322 g/mol. The summed E-state index contributed by atoms with van der Waals surface area (Å²) in [4.78, 5) is 14.7. The molecule has 1 aromatic rings. The summed E-state index contributed by atoms with van der Waals surface area (Å²) in [6.45, 7) is 1.75. The second-order valence-corrected chi connectivity index (χ2v) is 6.82. The first-order valence-corrected chi connectivity index (χ1v) is 8.42. The lowest BCUT2D eigenvalue weighted by Crippen LogP contribution is -2.58. The third-order valence-electron chi connectivity index (χ3n) is 4.77. The number of amides is 1. The molecule has 4 nitrogen and oxygen atoms in total. The molecule has 2 N–H and O–H groups in total. The fraction of sp³-hybridized carbons (Fsp3) is 0.588. The van der Waals surface area contributed by atoms with Crippen molar-refractivity contribution < 1.29 is 9.53 Å². The van der Waals surface area contributed by atoms with Gasteiger partial charge in [0.05, 0.1) is 18.7 Å². The van der Waals surface area contributed by atoms with E-state index in [1.807, 2.05) is 29.2 Å². The minimum atomic E-state index is -0.667. The molecule has 1 aromatic carbocycles. The third kappa shape index (κ3) is 3.29. The molecule has 1 aliphatic carbocycles. The van der Waals surface area contributed by atoms with Gasteiger partial charge in [-0.2, -0.15) is 0 Å². The van der Waals surface area contributed by atoms with Gasteiger partial charge in [0, 0.05) is 11.6 Å². The molecule has 1 saturated carbocycles. The standard InChI is InChI=1S/C17H23ClN2O2/c18-14-6-4-13(5-7-14)15-12-20(10-11-22-15)16(21)17(19)8-2-1-3-9-17/h4-7,15H,1-3,8-12,19H2. The molecule has 3 rings (SSSR count). The fourth-order valence-electron chi connectivity index (χ4n) is 3.42. The molecular weight excluding hydrogens is 300 g/mol. The molecular formula is C17H23ClN2O2. The molecule has 5 heteroatoms. The zero-order valence-corrected chi connectivity index (χ0v) is 13.5. The summed E-state index contributed by atoms with van der Waals surface area (Å²) < 4.78 is 5.83. The lowest BCUT2D eigenvalue weighted by molar-refractivity contribution is -0.146. The zero-order valence-electron chi connectivity index (χ0n) is 12.8. The van der Waals surface area contributed by atoms with Crippen molar-refractivity contribution in [2.45, 2.75) is 43.7 Å².